The third-order valence-electron chi connectivity index (χ3n) is 2.30. The van der Waals surface area contributed by atoms with Crippen LogP contribution in [0.1, 0.15) is 19.4 Å². The Morgan fingerprint density at radius 3 is 2.78 bits per heavy atom. The second-order valence-corrected chi connectivity index (χ2v) is 5.01. The molecule has 0 spiro atoms. The molecule has 0 aliphatic heterocycles. The lowest BCUT2D eigenvalue weighted by Crippen LogP contribution is -2.22. The predicted molar refractivity (Wildman–Crippen MR) is 73.6 cm³/mol. The van der Waals surface area contributed by atoms with Crippen LogP contribution >= 0.6 is 15.9 Å². The van der Waals surface area contributed by atoms with E-state index >= 15 is 0 Å². The number of hydrogen-bond donors (Lipinski definition) is 1. The molecule has 0 heterocycles. The van der Waals surface area contributed by atoms with Crippen LogP contribution in [0.15, 0.2) is 22.7 Å². The molecule has 1 aromatic carbocycles. The third-order valence-corrected chi connectivity index (χ3v) is 3.08. The van der Waals surface area contributed by atoms with E-state index in [1.54, 1.807) is 0 Å². The SMILES string of the molecule is COC(=O)COc1ccc(Br)c(CNC(C)C)c1. The minimum absolute atomic E-state index is 0.0742. The normalized spacial score (nSPS) is 10.5. The fraction of sp³-hybridized carbons (Fsp3) is 0.462. The van der Waals surface area contributed by atoms with Crippen molar-refractivity contribution in [2.45, 2.75) is 26.4 Å². The summed E-state index contributed by atoms with van der Waals surface area (Å²) in [6, 6.07) is 6.04. The maximum Gasteiger partial charge on any atom is 0.343 e. The molecule has 0 aliphatic carbocycles. The van der Waals surface area contributed by atoms with E-state index in [1.165, 1.54) is 7.11 Å². The summed E-state index contributed by atoms with van der Waals surface area (Å²) in [6.07, 6.45) is 0. The lowest BCUT2D eigenvalue weighted by atomic mass is 10.2. The highest BCUT2D eigenvalue weighted by atomic mass is 79.9. The van der Waals surface area contributed by atoms with E-state index < -0.39 is 0 Å². The molecule has 1 N–H and O–H groups in total. The van der Waals surface area contributed by atoms with E-state index in [9.17, 15) is 4.79 Å². The molecule has 0 amide bonds. The van der Waals surface area contributed by atoms with E-state index in [1.807, 2.05) is 18.2 Å². The quantitative estimate of drug-likeness (QED) is 0.819. The van der Waals surface area contributed by atoms with Gasteiger partial charge in [-0.05, 0) is 23.8 Å². The first-order chi connectivity index (χ1) is 8.52. The molecule has 0 saturated carbocycles. The molecule has 4 nitrogen and oxygen atoms in total. The summed E-state index contributed by atoms with van der Waals surface area (Å²) in [6.45, 7) is 4.85. The Morgan fingerprint density at radius 2 is 2.17 bits per heavy atom. The van der Waals surface area contributed by atoms with E-state index in [-0.39, 0.29) is 12.6 Å². The molecule has 0 fully saturated rings. The lowest BCUT2D eigenvalue weighted by Gasteiger charge is -2.12. The van der Waals surface area contributed by atoms with Crippen molar-refractivity contribution in [1.29, 1.82) is 0 Å². The zero-order valence-electron chi connectivity index (χ0n) is 10.8. The lowest BCUT2D eigenvalue weighted by molar-refractivity contribution is -0.142. The molecular weight excluding hydrogens is 298 g/mol. The van der Waals surface area contributed by atoms with Crippen LogP contribution in [0.4, 0.5) is 0 Å². The van der Waals surface area contributed by atoms with Gasteiger partial charge in [0.05, 0.1) is 7.11 Å². The second-order valence-electron chi connectivity index (χ2n) is 4.15. The molecule has 1 rings (SSSR count). The molecule has 0 aliphatic rings. The summed E-state index contributed by atoms with van der Waals surface area (Å²) in [5.74, 6) is 0.268. The number of ether oxygens (including phenoxy) is 2. The summed E-state index contributed by atoms with van der Waals surface area (Å²) in [5, 5.41) is 3.33. The van der Waals surface area contributed by atoms with Gasteiger partial charge in [0.1, 0.15) is 5.75 Å². The number of carbonyl (C=O) groups excluding carboxylic acids is 1. The van der Waals surface area contributed by atoms with Gasteiger partial charge in [0.15, 0.2) is 6.61 Å². The summed E-state index contributed by atoms with van der Waals surface area (Å²) in [4.78, 5) is 11.0. The van der Waals surface area contributed by atoms with E-state index in [0.29, 0.717) is 11.8 Å². The van der Waals surface area contributed by atoms with Crippen LogP contribution < -0.4 is 10.1 Å². The summed E-state index contributed by atoms with van der Waals surface area (Å²) < 4.78 is 10.9. The number of benzene rings is 1. The smallest absolute Gasteiger partial charge is 0.343 e. The highest BCUT2D eigenvalue weighted by molar-refractivity contribution is 9.10. The monoisotopic (exact) mass is 315 g/mol. The van der Waals surface area contributed by atoms with Gasteiger partial charge in [-0.15, -0.1) is 0 Å². The van der Waals surface area contributed by atoms with Crippen molar-refractivity contribution in [3.05, 3.63) is 28.2 Å². The highest BCUT2D eigenvalue weighted by Gasteiger charge is 2.06. The number of hydrogen-bond acceptors (Lipinski definition) is 4. The number of carbonyl (C=O) groups is 1. The predicted octanol–water partition coefficient (Wildman–Crippen LogP) is 2.50. The van der Waals surface area contributed by atoms with Gasteiger partial charge in [0.25, 0.3) is 0 Å². The zero-order valence-corrected chi connectivity index (χ0v) is 12.4. The summed E-state index contributed by atoms with van der Waals surface area (Å²) >= 11 is 3.49. The summed E-state index contributed by atoms with van der Waals surface area (Å²) in [5.41, 5.74) is 1.09. The van der Waals surface area contributed by atoms with Gasteiger partial charge in [-0.3, -0.25) is 0 Å². The van der Waals surface area contributed by atoms with Gasteiger partial charge in [-0.25, -0.2) is 4.79 Å². The molecule has 0 radical (unpaired) electrons. The van der Waals surface area contributed by atoms with Crippen molar-refractivity contribution in [3.8, 4) is 5.75 Å². The van der Waals surface area contributed by atoms with Crippen LogP contribution in [-0.4, -0.2) is 25.7 Å². The Balaban J connectivity index is 2.65. The van der Waals surface area contributed by atoms with Crippen LogP contribution in [0.3, 0.4) is 0 Å². The number of rotatable bonds is 6. The van der Waals surface area contributed by atoms with Gasteiger partial charge in [-0.2, -0.15) is 0 Å². The molecule has 100 valence electrons. The Bertz CT molecular complexity index is 407. The topological polar surface area (TPSA) is 47.6 Å². The zero-order chi connectivity index (χ0) is 13.5. The minimum Gasteiger partial charge on any atom is -0.482 e. The van der Waals surface area contributed by atoms with Crippen LogP contribution in [0.25, 0.3) is 0 Å². The van der Waals surface area contributed by atoms with Crippen LogP contribution in [-0.2, 0) is 16.1 Å². The van der Waals surface area contributed by atoms with Crippen molar-refractivity contribution in [2.24, 2.45) is 0 Å². The molecule has 1 aromatic rings. The van der Waals surface area contributed by atoms with Crippen molar-refractivity contribution >= 4 is 21.9 Å². The van der Waals surface area contributed by atoms with E-state index in [2.05, 4.69) is 39.8 Å². The third kappa shape index (κ3) is 5.06. The van der Waals surface area contributed by atoms with Gasteiger partial charge in [-0.1, -0.05) is 29.8 Å². The Morgan fingerprint density at radius 1 is 1.44 bits per heavy atom. The molecule has 0 atom stereocenters. The first kappa shape index (κ1) is 15.0. The second kappa shape index (κ2) is 7.38. The molecule has 0 aromatic heterocycles. The summed E-state index contributed by atoms with van der Waals surface area (Å²) in [7, 11) is 1.34. The van der Waals surface area contributed by atoms with Crippen molar-refractivity contribution in [3.63, 3.8) is 0 Å². The Hall–Kier alpha value is -1.07. The minimum atomic E-state index is -0.389. The van der Waals surface area contributed by atoms with E-state index in [0.717, 1.165) is 16.6 Å². The fourth-order valence-electron chi connectivity index (χ4n) is 1.29. The van der Waals surface area contributed by atoms with Gasteiger partial charge in [0, 0.05) is 17.1 Å². The number of methoxy groups -OCH3 is 1. The maximum atomic E-state index is 11.0. The number of nitrogens with one attached hydrogen (secondary N) is 1. The molecule has 0 saturated heterocycles. The Kier molecular flexibility index (Phi) is 6.15. The maximum absolute atomic E-state index is 11.0. The van der Waals surface area contributed by atoms with Crippen molar-refractivity contribution in [2.75, 3.05) is 13.7 Å². The molecular formula is C13H18BrNO3. The van der Waals surface area contributed by atoms with Crippen LogP contribution in [0.5, 0.6) is 5.75 Å². The van der Waals surface area contributed by atoms with Crippen LogP contribution in [0, 0.1) is 0 Å². The van der Waals surface area contributed by atoms with Gasteiger partial charge >= 0.3 is 5.97 Å². The number of esters is 1. The van der Waals surface area contributed by atoms with Crippen molar-refractivity contribution in [1.82, 2.24) is 5.32 Å². The first-order valence-corrected chi connectivity index (χ1v) is 6.53. The highest BCUT2D eigenvalue weighted by Crippen LogP contribution is 2.22. The average molecular weight is 316 g/mol. The fourth-order valence-corrected chi connectivity index (χ4v) is 1.68. The van der Waals surface area contributed by atoms with Crippen LogP contribution in [0.2, 0.25) is 0 Å². The molecule has 0 bridgehead atoms. The van der Waals surface area contributed by atoms with Crippen molar-refractivity contribution < 1.29 is 14.3 Å². The Labute approximate surface area is 116 Å². The standard InChI is InChI=1S/C13H18BrNO3/c1-9(2)15-7-10-6-11(4-5-12(10)14)18-8-13(16)17-3/h4-6,9,15H,7-8H2,1-3H3. The first-order valence-electron chi connectivity index (χ1n) is 5.74. The largest absolute Gasteiger partial charge is 0.482 e. The molecule has 5 heteroatoms. The van der Waals surface area contributed by atoms with Gasteiger partial charge in [0.2, 0.25) is 0 Å². The number of halogens is 1. The van der Waals surface area contributed by atoms with Gasteiger partial charge < -0.3 is 14.8 Å². The molecule has 0 unspecified atom stereocenters. The molecule has 18 heavy (non-hydrogen) atoms. The van der Waals surface area contributed by atoms with E-state index in [4.69, 9.17) is 4.74 Å². The average Bonchev–Trinajstić information content (AvgIpc) is 2.35.